The Balaban J connectivity index is 2.10. The lowest BCUT2D eigenvalue weighted by Gasteiger charge is -2.28. The average Bonchev–Trinajstić information content (AvgIpc) is 2.90. The van der Waals surface area contributed by atoms with E-state index in [1.54, 1.807) is 4.90 Å². The molecule has 1 N–H and O–H groups in total. The average molecular weight is 267 g/mol. The molecule has 3 nitrogen and oxygen atoms in total. The van der Waals surface area contributed by atoms with Gasteiger partial charge in [-0.15, -0.1) is 0 Å². The number of nitrogens with one attached hydrogen (secondary N) is 1. The van der Waals surface area contributed by atoms with E-state index in [1.807, 2.05) is 38.2 Å². The molecule has 1 amide bonds. The summed E-state index contributed by atoms with van der Waals surface area (Å²) in [6, 6.07) is 7.65. The number of benzene rings is 1. The lowest BCUT2D eigenvalue weighted by Crippen LogP contribution is -2.42. The molecule has 0 aromatic heterocycles. The van der Waals surface area contributed by atoms with E-state index in [0.717, 1.165) is 24.9 Å². The van der Waals surface area contributed by atoms with E-state index in [2.05, 4.69) is 5.32 Å². The van der Waals surface area contributed by atoms with Gasteiger partial charge in [0.05, 0.1) is 12.1 Å². The number of amides is 1. The highest BCUT2D eigenvalue weighted by Crippen LogP contribution is 2.27. The van der Waals surface area contributed by atoms with Crippen LogP contribution in [0.3, 0.4) is 0 Å². The van der Waals surface area contributed by atoms with Crippen LogP contribution >= 0.6 is 11.6 Å². The monoisotopic (exact) mass is 266 g/mol. The quantitative estimate of drug-likeness (QED) is 0.912. The summed E-state index contributed by atoms with van der Waals surface area (Å²) in [7, 11) is 1.84. The molecular weight excluding hydrogens is 248 g/mol. The van der Waals surface area contributed by atoms with Crippen molar-refractivity contribution in [3.63, 3.8) is 0 Å². The molecule has 2 atom stereocenters. The molecular formula is C14H19ClN2O. The van der Waals surface area contributed by atoms with Crippen molar-refractivity contribution in [3.8, 4) is 0 Å². The normalized spacial score (nSPS) is 20.7. The predicted molar refractivity (Wildman–Crippen MR) is 73.7 cm³/mol. The van der Waals surface area contributed by atoms with Crippen LogP contribution < -0.4 is 5.32 Å². The van der Waals surface area contributed by atoms with Crippen molar-refractivity contribution in [2.45, 2.75) is 31.8 Å². The summed E-state index contributed by atoms with van der Waals surface area (Å²) in [5.41, 5.74) is 0.994. The lowest BCUT2D eigenvalue weighted by atomic mass is 10.1. The molecule has 1 fully saturated rings. The predicted octanol–water partition coefficient (Wildman–Crippen LogP) is 2.61. The van der Waals surface area contributed by atoms with E-state index in [-0.39, 0.29) is 18.0 Å². The van der Waals surface area contributed by atoms with Crippen LogP contribution in [0, 0.1) is 0 Å². The van der Waals surface area contributed by atoms with Crippen molar-refractivity contribution in [2.75, 3.05) is 13.6 Å². The van der Waals surface area contributed by atoms with Gasteiger partial charge in [0, 0.05) is 12.1 Å². The first kappa shape index (κ1) is 13.4. The zero-order valence-corrected chi connectivity index (χ0v) is 11.6. The van der Waals surface area contributed by atoms with E-state index in [0.29, 0.717) is 5.02 Å². The highest BCUT2D eigenvalue weighted by Gasteiger charge is 2.28. The van der Waals surface area contributed by atoms with Gasteiger partial charge in [-0.1, -0.05) is 29.8 Å². The molecule has 0 aliphatic carbocycles. The van der Waals surface area contributed by atoms with Gasteiger partial charge >= 0.3 is 0 Å². The Morgan fingerprint density at radius 1 is 1.50 bits per heavy atom. The van der Waals surface area contributed by atoms with Crippen LogP contribution in [0.4, 0.5) is 0 Å². The summed E-state index contributed by atoms with van der Waals surface area (Å²) in [5.74, 6) is 0.153. The van der Waals surface area contributed by atoms with Crippen molar-refractivity contribution in [1.29, 1.82) is 0 Å². The molecule has 1 aliphatic rings. The van der Waals surface area contributed by atoms with Gasteiger partial charge in [0.15, 0.2) is 0 Å². The Labute approximate surface area is 113 Å². The van der Waals surface area contributed by atoms with E-state index >= 15 is 0 Å². The number of nitrogens with zero attached hydrogens (tertiary/aromatic N) is 1. The first-order chi connectivity index (χ1) is 8.61. The molecule has 18 heavy (non-hydrogen) atoms. The topological polar surface area (TPSA) is 32.3 Å². The van der Waals surface area contributed by atoms with Gasteiger partial charge in [0.2, 0.25) is 5.91 Å². The Hall–Kier alpha value is -1.06. The van der Waals surface area contributed by atoms with Crippen LogP contribution in [0.1, 0.15) is 31.4 Å². The minimum absolute atomic E-state index is 0.00593. The van der Waals surface area contributed by atoms with Crippen LogP contribution in [-0.2, 0) is 4.79 Å². The van der Waals surface area contributed by atoms with Gasteiger partial charge in [-0.3, -0.25) is 4.79 Å². The summed E-state index contributed by atoms with van der Waals surface area (Å²) in [6.07, 6.45) is 2.00. The van der Waals surface area contributed by atoms with E-state index < -0.39 is 0 Å². The van der Waals surface area contributed by atoms with Crippen molar-refractivity contribution in [3.05, 3.63) is 34.9 Å². The minimum Gasteiger partial charge on any atom is -0.338 e. The van der Waals surface area contributed by atoms with Gasteiger partial charge in [0.25, 0.3) is 0 Å². The molecule has 0 bridgehead atoms. The van der Waals surface area contributed by atoms with Crippen molar-refractivity contribution in [1.82, 2.24) is 10.2 Å². The number of rotatable bonds is 3. The summed E-state index contributed by atoms with van der Waals surface area (Å²) >= 11 is 6.17. The fraction of sp³-hybridized carbons (Fsp3) is 0.500. The molecule has 0 spiro atoms. The smallest absolute Gasteiger partial charge is 0.239 e. The Kier molecular flexibility index (Phi) is 4.25. The fourth-order valence-corrected chi connectivity index (χ4v) is 2.65. The molecule has 1 heterocycles. The summed E-state index contributed by atoms with van der Waals surface area (Å²) < 4.78 is 0. The largest absolute Gasteiger partial charge is 0.338 e. The maximum absolute atomic E-state index is 12.3. The summed E-state index contributed by atoms with van der Waals surface area (Å²) in [6.45, 7) is 2.94. The van der Waals surface area contributed by atoms with Crippen molar-refractivity contribution >= 4 is 17.5 Å². The van der Waals surface area contributed by atoms with Crippen molar-refractivity contribution < 1.29 is 4.79 Å². The Bertz CT molecular complexity index is 430. The lowest BCUT2D eigenvalue weighted by molar-refractivity contribution is -0.133. The van der Waals surface area contributed by atoms with Gasteiger partial charge in [-0.2, -0.15) is 0 Å². The van der Waals surface area contributed by atoms with Gasteiger partial charge in [-0.25, -0.2) is 0 Å². The van der Waals surface area contributed by atoms with Crippen LogP contribution in [0.15, 0.2) is 24.3 Å². The Morgan fingerprint density at radius 2 is 2.22 bits per heavy atom. The molecule has 2 rings (SSSR count). The number of hydrogen-bond acceptors (Lipinski definition) is 2. The highest BCUT2D eigenvalue weighted by molar-refractivity contribution is 6.31. The molecule has 4 heteroatoms. The molecule has 1 aliphatic heterocycles. The molecule has 1 saturated heterocycles. The number of carbonyl (C=O) groups excluding carboxylic acids is 1. The second-order valence-corrected chi connectivity index (χ2v) is 5.20. The minimum atomic E-state index is -0.0278. The number of halogens is 1. The first-order valence-corrected chi connectivity index (χ1v) is 6.73. The highest BCUT2D eigenvalue weighted by atomic mass is 35.5. The molecule has 1 unspecified atom stereocenters. The van der Waals surface area contributed by atoms with Crippen LogP contribution in [0.5, 0.6) is 0 Å². The number of carbonyl (C=O) groups is 1. The Morgan fingerprint density at radius 3 is 2.83 bits per heavy atom. The first-order valence-electron chi connectivity index (χ1n) is 6.35. The van der Waals surface area contributed by atoms with Crippen LogP contribution in [0.2, 0.25) is 5.02 Å². The van der Waals surface area contributed by atoms with Crippen molar-refractivity contribution in [2.24, 2.45) is 0 Å². The van der Waals surface area contributed by atoms with Gasteiger partial charge < -0.3 is 10.2 Å². The maximum Gasteiger partial charge on any atom is 0.239 e. The third-order valence-electron chi connectivity index (χ3n) is 3.64. The second-order valence-electron chi connectivity index (χ2n) is 4.80. The molecule has 98 valence electrons. The zero-order chi connectivity index (χ0) is 13.1. The van der Waals surface area contributed by atoms with Gasteiger partial charge in [-0.05, 0) is 37.9 Å². The maximum atomic E-state index is 12.3. The van der Waals surface area contributed by atoms with E-state index in [4.69, 9.17) is 11.6 Å². The van der Waals surface area contributed by atoms with Gasteiger partial charge in [0.1, 0.15) is 0 Å². The molecule has 0 radical (unpaired) electrons. The summed E-state index contributed by atoms with van der Waals surface area (Å²) in [5, 5.41) is 3.95. The second kappa shape index (κ2) is 5.72. The van der Waals surface area contributed by atoms with E-state index in [9.17, 15) is 4.79 Å². The van der Waals surface area contributed by atoms with E-state index in [1.165, 1.54) is 0 Å². The third kappa shape index (κ3) is 2.68. The standard InChI is InChI=1S/C14H19ClN2O/c1-10(11-6-3-4-7-12(11)15)17(2)14(18)13-8-5-9-16-13/h3-4,6-7,10,13,16H,5,8-9H2,1-2H3/t10?,13-/m1/s1. The number of likely N-dealkylation sites (N-methyl/N-ethyl adjacent to an activating group) is 1. The third-order valence-corrected chi connectivity index (χ3v) is 3.99. The fourth-order valence-electron chi connectivity index (χ4n) is 2.35. The van der Waals surface area contributed by atoms with Crippen LogP contribution in [0.25, 0.3) is 0 Å². The molecule has 0 saturated carbocycles. The summed E-state index contributed by atoms with van der Waals surface area (Å²) in [4.78, 5) is 14.1. The number of hydrogen-bond donors (Lipinski definition) is 1. The molecule has 1 aromatic carbocycles. The van der Waals surface area contributed by atoms with Crippen LogP contribution in [-0.4, -0.2) is 30.4 Å². The molecule has 1 aromatic rings. The SMILES string of the molecule is CC(c1ccccc1Cl)N(C)C(=O)[C@H]1CCCN1. The zero-order valence-electron chi connectivity index (χ0n) is 10.8.